The number of azide groups is 1. The van der Waals surface area contributed by atoms with Gasteiger partial charge in [-0.15, -0.1) is 22.9 Å². The summed E-state index contributed by atoms with van der Waals surface area (Å²) in [6.07, 6.45) is 10.4. The summed E-state index contributed by atoms with van der Waals surface area (Å²) >= 11 is 1.60. The number of aryl methyl sites for hydroxylation is 3. The Morgan fingerprint density at radius 1 is 0.765 bits per heavy atom. The molecule has 5 heterocycles. The third-order valence-corrected chi connectivity index (χ3v) is 20.2. The normalized spacial score (nSPS) is 14.8. The maximum Gasteiger partial charge on any atom is 0.416 e. The quantitative estimate of drug-likeness (QED) is 0.00926. The number of carbonyl (C=O) groups excluding carboxylic acids is 5. The molecule has 0 aliphatic carbocycles. The van der Waals surface area contributed by atoms with Crippen molar-refractivity contribution < 1.29 is 84.9 Å². The molecular weight excluding hydrogens is 1500 g/mol. The minimum absolute atomic E-state index is 0.00951. The van der Waals surface area contributed by atoms with Crippen LogP contribution < -0.4 is 9.64 Å². The molecule has 0 bridgehead atoms. The number of terminal acetylenes is 1. The summed E-state index contributed by atoms with van der Waals surface area (Å²) < 4.78 is 90.9. The van der Waals surface area contributed by atoms with Gasteiger partial charge in [0.1, 0.15) is 36.2 Å². The average Bonchev–Trinajstić information content (AvgIpc) is 1.69. The monoisotopic (exact) mass is 1620 g/mol. The fourth-order valence-electron chi connectivity index (χ4n) is 12.7. The highest BCUT2D eigenvalue weighted by Gasteiger charge is 2.44. The highest BCUT2D eigenvalue weighted by atomic mass is 32.1. The number of amides is 1. The van der Waals surface area contributed by atoms with Crippen molar-refractivity contribution in [1.29, 1.82) is 0 Å². The smallest absolute Gasteiger partial charge is 0.416 e. The molecule has 630 valence electrons. The van der Waals surface area contributed by atoms with Gasteiger partial charge in [0.25, 0.3) is 0 Å². The Balaban J connectivity index is 0.000000275. The van der Waals surface area contributed by atoms with Gasteiger partial charge in [-0.05, 0) is 116 Å². The van der Waals surface area contributed by atoms with Crippen LogP contribution in [0.3, 0.4) is 0 Å². The van der Waals surface area contributed by atoms with Crippen LogP contribution in [0.4, 0.5) is 18.9 Å². The van der Waals surface area contributed by atoms with E-state index in [1.807, 2.05) is 122 Å². The number of ether oxygens (including phenoxy) is 9. The Bertz CT molecular complexity index is 4000. The van der Waals surface area contributed by atoms with Crippen LogP contribution >= 0.6 is 11.3 Å². The number of carbonyl (C=O) groups is 5. The lowest BCUT2D eigenvalue weighted by atomic mass is 9.76. The third kappa shape index (κ3) is 35.2. The van der Waals surface area contributed by atoms with Gasteiger partial charge in [-0.1, -0.05) is 125 Å². The van der Waals surface area contributed by atoms with E-state index in [4.69, 9.17) is 54.6 Å². The molecule has 2 aliphatic rings. The van der Waals surface area contributed by atoms with Gasteiger partial charge in [-0.3, -0.25) is 28.7 Å². The topological polar surface area (TPSA) is 300 Å². The summed E-state index contributed by atoms with van der Waals surface area (Å²) in [6, 6.07) is 19.6. The first-order chi connectivity index (χ1) is 55.2. The summed E-state index contributed by atoms with van der Waals surface area (Å²) in [6.45, 7) is 29.9. The molecule has 0 spiro atoms. The van der Waals surface area contributed by atoms with Crippen LogP contribution in [0.15, 0.2) is 95.8 Å². The summed E-state index contributed by atoms with van der Waals surface area (Å²) in [7, 11) is 0. The van der Waals surface area contributed by atoms with E-state index in [-0.39, 0.29) is 79.8 Å². The summed E-state index contributed by atoms with van der Waals surface area (Å²) in [5, 5.41) is 22.2. The number of hydrogen-bond acceptors (Lipinski definition) is 22. The van der Waals surface area contributed by atoms with E-state index >= 15 is 0 Å². The number of pyridine rings is 1. The van der Waals surface area contributed by atoms with Crippen molar-refractivity contribution in [2.45, 2.75) is 190 Å². The van der Waals surface area contributed by atoms with Gasteiger partial charge >= 0.3 is 6.18 Å². The van der Waals surface area contributed by atoms with Gasteiger partial charge in [0, 0.05) is 105 Å². The number of likely N-dealkylation sites (tertiary alicyclic amines) is 1. The van der Waals surface area contributed by atoms with Crippen LogP contribution in [-0.4, -0.2) is 208 Å². The van der Waals surface area contributed by atoms with Gasteiger partial charge in [0.2, 0.25) is 11.8 Å². The number of morpholine rings is 1. The van der Waals surface area contributed by atoms with E-state index in [2.05, 4.69) is 53.3 Å². The number of alkyl halides is 3. The number of rotatable bonds is 49. The molecule has 8 rings (SSSR count). The number of hydrogen-bond donors (Lipinski definition) is 1. The molecule has 1 N–H and O–H groups in total. The van der Waals surface area contributed by atoms with Crippen molar-refractivity contribution in [2.75, 3.05) is 130 Å². The number of benzene rings is 3. The summed E-state index contributed by atoms with van der Waals surface area (Å²) in [5.41, 5.74) is 17.0. The summed E-state index contributed by atoms with van der Waals surface area (Å²) in [5.74, 6) is 2.03. The minimum atomic E-state index is -4.52. The van der Waals surface area contributed by atoms with Crippen molar-refractivity contribution in [3.05, 3.63) is 140 Å². The predicted octanol–water partition coefficient (Wildman–Crippen LogP) is 15.1. The zero-order valence-corrected chi connectivity index (χ0v) is 69.5. The maximum absolute atomic E-state index is 13.8. The minimum Gasteiger partial charge on any atom is -0.474 e. The van der Waals surface area contributed by atoms with Crippen molar-refractivity contribution in [2.24, 2.45) is 22.4 Å². The third-order valence-electron chi connectivity index (χ3n) is 19.3. The van der Waals surface area contributed by atoms with Crippen molar-refractivity contribution >= 4 is 46.1 Å². The zero-order valence-electron chi connectivity index (χ0n) is 68.7. The number of aliphatic hydroxyl groups is 1. The number of anilines is 1. The standard InChI is InChI=1S/C34H37F3N2O6.C31H43N5O4S.C21H39N3O5/c1-3-11-41-14-15-43-16-17-44-18-19-45-33-31(39-9-12-42-13-10-39)23-28(24-38-33)30-20-26(8-7-25(30)2)21-32(40)27-5-4-6-29(22-27)34(35,36)37;1-20(22-10-12-23(13-11-22)29-21(2)33-19-41-29)15-28(39)27-17-25(38)18-36(27)30(40)26(31(3,4)5)16-24(37)9-7-6-8-14-34-35-32;1-18(2)21(25)8-6-5-7-9-24-16-20(22-23-24)17-28-13-12-26-10-11-27-14-15-29-19(3)4/h1,4-8,20,22-24H,9-19,21H2,2H3;10-13,19-20,25-27,38H,6-9,14-18H2,1-5H3;16,18-19H,5-15,17H2,1-4H3/t;20-,25-,26+,27+;/m.1./s1. The van der Waals surface area contributed by atoms with Gasteiger partial charge in [0.05, 0.1) is 139 Å². The van der Waals surface area contributed by atoms with Crippen LogP contribution in [0.1, 0.15) is 176 Å². The largest absolute Gasteiger partial charge is 0.474 e. The number of aliphatic hydroxyl groups excluding tert-OH is 1. The molecule has 0 unspecified atom stereocenters. The molecule has 6 aromatic rings. The van der Waals surface area contributed by atoms with E-state index in [0.717, 1.165) is 101 Å². The maximum atomic E-state index is 13.8. The Kier molecular flexibility index (Phi) is 42.9. The summed E-state index contributed by atoms with van der Waals surface area (Å²) in [4.78, 5) is 81.2. The van der Waals surface area contributed by atoms with Crippen LogP contribution in [0.5, 0.6) is 5.88 Å². The molecule has 2 aliphatic heterocycles. The number of β-amino-alcohol motifs (C(OH)–C–C–N with tert-alkyl or cyclic N) is 1. The van der Waals surface area contributed by atoms with Crippen LogP contribution in [0.2, 0.25) is 0 Å². The number of nitrogens with zero attached hydrogens (tertiary/aromatic N) is 10. The number of Topliss-reactive ketones (excluding diaryl/α,β-unsaturated/α-hetero) is 4. The van der Waals surface area contributed by atoms with Crippen molar-refractivity contribution in [3.8, 4) is 39.8 Å². The predicted molar refractivity (Wildman–Crippen MR) is 436 cm³/mol. The first-order valence-corrected chi connectivity index (χ1v) is 40.8. The molecule has 25 nitrogen and oxygen atoms in total. The molecule has 2 fully saturated rings. The Morgan fingerprint density at radius 2 is 1.43 bits per heavy atom. The molecule has 4 atom stereocenters. The van der Waals surface area contributed by atoms with Crippen LogP contribution in [-0.2, 0) is 82.8 Å². The molecule has 115 heavy (non-hydrogen) atoms. The Labute approximate surface area is 680 Å². The molecule has 3 aromatic heterocycles. The number of unbranched alkanes of at least 4 members (excludes halogenated alkanes) is 4. The molecule has 1 amide bonds. The van der Waals surface area contributed by atoms with Crippen LogP contribution in [0, 0.1) is 43.4 Å². The fraction of sp³-hybridized carbons (Fsp3) is 0.593. The fourth-order valence-corrected chi connectivity index (χ4v) is 13.5. The first kappa shape index (κ1) is 95.5. The second-order valence-electron chi connectivity index (χ2n) is 30.2. The number of aromatic nitrogens is 5. The van der Waals surface area contributed by atoms with Gasteiger partial charge in [0.15, 0.2) is 11.6 Å². The Morgan fingerprint density at radius 3 is 2.07 bits per heavy atom. The second-order valence-corrected chi connectivity index (χ2v) is 31.0. The second kappa shape index (κ2) is 51.6. The molecule has 2 saturated heterocycles. The number of halogens is 3. The lowest BCUT2D eigenvalue weighted by molar-refractivity contribution is -0.146. The molecular formula is C86H119F3N10O15S. The van der Waals surface area contributed by atoms with Gasteiger partial charge < -0.3 is 57.5 Å². The van der Waals surface area contributed by atoms with Crippen LogP contribution in [0.25, 0.3) is 32.0 Å². The van der Waals surface area contributed by atoms with E-state index in [1.165, 1.54) is 17.0 Å². The molecule has 0 saturated carbocycles. The molecule has 29 heteroatoms. The number of ketones is 4. The van der Waals surface area contributed by atoms with Gasteiger partial charge in [-0.2, -0.15) is 13.2 Å². The van der Waals surface area contributed by atoms with E-state index in [1.54, 1.807) is 17.5 Å². The highest BCUT2D eigenvalue weighted by molar-refractivity contribution is 7.13. The van der Waals surface area contributed by atoms with E-state index in [9.17, 15) is 42.3 Å². The molecule has 0 radical (unpaired) electrons. The molecule has 3 aromatic carbocycles. The number of thiazole rings is 1. The highest BCUT2D eigenvalue weighted by Crippen LogP contribution is 2.38. The van der Waals surface area contributed by atoms with Crippen molar-refractivity contribution in [3.63, 3.8) is 0 Å². The SMILES string of the molecule is C#CCOCCOCCOCCOc1ncc(-c2cc(CC(=O)c3cccc(C(F)(F)F)c3)ccc2C)cc1N1CCOCC1.CC(C)OCCOCCOCCOCc1cn(CCCCCC(=O)C(C)C)nn1.Cc1ncsc1-c1ccc([C@H](C)CC(=O)[C@@H]2C[C@@H](O)CN2C(=O)[C@H](CC(=O)CCCCCN=[N+]=[N-])C(C)(C)C)cc1. The van der Waals surface area contributed by atoms with Crippen molar-refractivity contribution in [1.82, 2.24) is 29.9 Å². The average molecular weight is 1620 g/mol. The Hall–Kier alpha value is -8.37. The van der Waals surface area contributed by atoms with E-state index < -0.39 is 41.0 Å². The zero-order chi connectivity index (χ0) is 83.6. The van der Waals surface area contributed by atoms with E-state index in [0.29, 0.717) is 155 Å². The lowest BCUT2D eigenvalue weighted by Gasteiger charge is -2.35. The lowest BCUT2D eigenvalue weighted by Crippen LogP contribution is -2.47. The van der Waals surface area contributed by atoms with Gasteiger partial charge in [-0.25, -0.2) is 9.97 Å². The first-order valence-electron chi connectivity index (χ1n) is 39.9.